The normalized spacial score (nSPS) is 10.3. The highest BCUT2D eigenvalue weighted by Gasteiger charge is 2.03. The lowest BCUT2D eigenvalue weighted by atomic mass is 10.3. The van der Waals surface area contributed by atoms with Crippen molar-refractivity contribution in [2.75, 3.05) is 39.6 Å². The Morgan fingerprint density at radius 2 is 2.17 bits per heavy atom. The van der Waals surface area contributed by atoms with Gasteiger partial charge in [-0.3, -0.25) is 0 Å². The van der Waals surface area contributed by atoms with Gasteiger partial charge in [-0.05, 0) is 44.5 Å². The minimum atomic E-state index is 0.554. The van der Waals surface area contributed by atoms with Gasteiger partial charge in [0.15, 0.2) is 5.11 Å². The average Bonchev–Trinajstić information content (AvgIpc) is 2.28. The molecule has 0 amide bonds. The van der Waals surface area contributed by atoms with Gasteiger partial charge in [0.25, 0.3) is 0 Å². The molecule has 0 spiro atoms. The number of rotatable bonds is 5. The van der Waals surface area contributed by atoms with Crippen LogP contribution in [0.1, 0.15) is 0 Å². The number of benzene rings is 1. The van der Waals surface area contributed by atoms with Gasteiger partial charge < -0.3 is 20.3 Å². The van der Waals surface area contributed by atoms with Gasteiger partial charge in [0.1, 0.15) is 5.75 Å². The molecule has 0 atom stereocenters. The second-order valence-electron chi connectivity index (χ2n) is 4.03. The quantitative estimate of drug-likeness (QED) is 0.812. The third-order valence-corrected chi connectivity index (χ3v) is 2.80. The van der Waals surface area contributed by atoms with Crippen LogP contribution in [-0.4, -0.2) is 44.3 Å². The molecule has 18 heavy (non-hydrogen) atoms. The van der Waals surface area contributed by atoms with E-state index >= 15 is 0 Å². The molecule has 4 nitrogen and oxygen atoms in total. The van der Waals surface area contributed by atoms with Crippen molar-refractivity contribution in [2.24, 2.45) is 0 Å². The molecule has 0 heterocycles. The summed E-state index contributed by atoms with van der Waals surface area (Å²) in [5.74, 6) is 0.647. The summed E-state index contributed by atoms with van der Waals surface area (Å²) >= 11 is 11.2. The average molecular weight is 288 g/mol. The van der Waals surface area contributed by atoms with E-state index in [1.807, 2.05) is 20.2 Å². The molecule has 100 valence electrons. The molecule has 6 heteroatoms. The highest BCUT2D eigenvalue weighted by molar-refractivity contribution is 7.80. The summed E-state index contributed by atoms with van der Waals surface area (Å²) in [7, 11) is 5.62. The number of nitrogens with zero attached hydrogens (tertiary/aromatic N) is 1. The number of ether oxygens (including phenoxy) is 1. The molecule has 0 aromatic heterocycles. The van der Waals surface area contributed by atoms with Crippen molar-refractivity contribution in [1.29, 1.82) is 0 Å². The molecule has 1 aromatic carbocycles. The Balaban J connectivity index is 2.47. The molecule has 0 aliphatic carbocycles. The van der Waals surface area contributed by atoms with Crippen LogP contribution in [0.25, 0.3) is 0 Å². The van der Waals surface area contributed by atoms with E-state index in [-0.39, 0.29) is 0 Å². The van der Waals surface area contributed by atoms with Crippen molar-refractivity contribution in [3.63, 3.8) is 0 Å². The van der Waals surface area contributed by atoms with Crippen molar-refractivity contribution >= 4 is 34.6 Å². The van der Waals surface area contributed by atoms with E-state index in [9.17, 15) is 0 Å². The van der Waals surface area contributed by atoms with Crippen LogP contribution in [-0.2, 0) is 0 Å². The van der Waals surface area contributed by atoms with E-state index < -0.39 is 0 Å². The molecule has 1 aromatic rings. The van der Waals surface area contributed by atoms with E-state index in [0.29, 0.717) is 15.9 Å². The van der Waals surface area contributed by atoms with Crippen LogP contribution in [0.5, 0.6) is 5.75 Å². The summed E-state index contributed by atoms with van der Waals surface area (Å²) in [6, 6.07) is 5.44. The monoisotopic (exact) mass is 287 g/mol. The molecule has 0 fully saturated rings. The first kappa shape index (κ1) is 15.0. The first-order valence-electron chi connectivity index (χ1n) is 5.56. The minimum absolute atomic E-state index is 0.554. The van der Waals surface area contributed by atoms with E-state index in [2.05, 4.69) is 15.5 Å². The number of likely N-dealkylation sites (N-methyl/N-ethyl adjacent to an activating group) is 1. The van der Waals surface area contributed by atoms with Crippen LogP contribution in [0.3, 0.4) is 0 Å². The highest BCUT2D eigenvalue weighted by atomic mass is 35.5. The largest absolute Gasteiger partial charge is 0.495 e. The van der Waals surface area contributed by atoms with Crippen molar-refractivity contribution in [2.45, 2.75) is 0 Å². The summed E-state index contributed by atoms with van der Waals surface area (Å²) in [6.07, 6.45) is 0. The zero-order chi connectivity index (χ0) is 13.5. The Morgan fingerprint density at radius 3 is 2.72 bits per heavy atom. The van der Waals surface area contributed by atoms with Crippen molar-refractivity contribution in [3.8, 4) is 5.75 Å². The van der Waals surface area contributed by atoms with Crippen LogP contribution in [0.15, 0.2) is 18.2 Å². The molecule has 0 saturated carbocycles. The SMILES string of the molecule is COc1ccc(NC(=S)NCCN(C)C)cc1Cl. The lowest BCUT2D eigenvalue weighted by molar-refractivity contribution is 0.413. The molecular weight excluding hydrogens is 270 g/mol. The van der Waals surface area contributed by atoms with Crippen LogP contribution >= 0.6 is 23.8 Å². The number of methoxy groups -OCH3 is 1. The standard InChI is InChI=1S/C12H18ClN3OS/c1-16(2)7-6-14-12(18)15-9-4-5-11(17-3)10(13)8-9/h4-5,8H,6-7H2,1-3H3,(H2,14,15,18). The third kappa shape index (κ3) is 5.08. The number of thiocarbonyl (C=S) groups is 1. The first-order valence-corrected chi connectivity index (χ1v) is 6.34. The predicted octanol–water partition coefficient (Wildman–Crippen LogP) is 2.20. The fourth-order valence-corrected chi connectivity index (χ4v) is 1.79. The Hall–Kier alpha value is -1.04. The fourth-order valence-electron chi connectivity index (χ4n) is 1.31. The molecule has 0 radical (unpaired) electrons. The van der Waals surface area contributed by atoms with Gasteiger partial charge in [-0.25, -0.2) is 0 Å². The second-order valence-corrected chi connectivity index (χ2v) is 4.85. The Morgan fingerprint density at radius 1 is 1.44 bits per heavy atom. The maximum absolute atomic E-state index is 6.02. The fraction of sp³-hybridized carbons (Fsp3) is 0.417. The van der Waals surface area contributed by atoms with Gasteiger partial charge >= 0.3 is 0 Å². The lowest BCUT2D eigenvalue weighted by Gasteiger charge is -2.14. The van der Waals surface area contributed by atoms with E-state index in [4.69, 9.17) is 28.6 Å². The van der Waals surface area contributed by atoms with Gasteiger partial charge in [-0.2, -0.15) is 0 Å². The molecule has 0 unspecified atom stereocenters. The zero-order valence-corrected chi connectivity index (χ0v) is 12.4. The van der Waals surface area contributed by atoms with Gasteiger partial charge in [-0.1, -0.05) is 11.6 Å². The van der Waals surface area contributed by atoms with Crippen molar-refractivity contribution in [3.05, 3.63) is 23.2 Å². The maximum atomic E-state index is 6.02. The molecule has 0 aliphatic heterocycles. The molecule has 0 aliphatic rings. The highest BCUT2D eigenvalue weighted by Crippen LogP contribution is 2.27. The Labute approximate surface area is 118 Å². The Kier molecular flexibility index (Phi) is 6.18. The van der Waals surface area contributed by atoms with E-state index in [1.165, 1.54) is 0 Å². The summed E-state index contributed by atoms with van der Waals surface area (Å²) in [5.41, 5.74) is 0.836. The maximum Gasteiger partial charge on any atom is 0.170 e. The van der Waals surface area contributed by atoms with Gasteiger partial charge in [-0.15, -0.1) is 0 Å². The number of halogens is 1. The summed E-state index contributed by atoms with van der Waals surface area (Å²) in [5, 5.41) is 7.32. The van der Waals surface area contributed by atoms with Crippen molar-refractivity contribution in [1.82, 2.24) is 10.2 Å². The second kappa shape index (κ2) is 7.41. The van der Waals surface area contributed by atoms with E-state index in [1.54, 1.807) is 19.2 Å². The van der Waals surface area contributed by atoms with Gasteiger partial charge in [0.2, 0.25) is 0 Å². The number of hydrogen-bond donors (Lipinski definition) is 2. The topological polar surface area (TPSA) is 36.5 Å². The van der Waals surface area contributed by atoms with Crippen LogP contribution in [0, 0.1) is 0 Å². The smallest absolute Gasteiger partial charge is 0.170 e. The summed E-state index contributed by atoms with van der Waals surface area (Å²) in [6.45, 7) is 1.72. The molecule has 2 N–H and O–H groups in total. The van der Waals surface area contributed by atoms with E-state index in [0.717, 1.165) is 18.8 Å². The lowest BCUT2D eigenvalue weighted by Crippen LogP contribution is -2.34. The first-order chi connectivity index (χ1) is 8.52. The molecule has 0 bridgehead atoms. The number of hydrogen-bond acceptors (Lipinski definition) is 3. The zero-order valence-electron chi connectivity index (χ0n) is 10.8. The predicted molar refractivity (Wildman–Crippen MR) is 80.8 cm³/mol. The third-order valence-electron chi connectivity index (χ3n) is 2.25. The van der Waals surface area contributed by atoms with Crippen molar-refractivity contribution < 1.29 is 4.74 Å². The number of nitrogens with one attached hydrogen (secondary N) is 2. The summed E-state index contributed by atoms with van der Waals surface area (Å²) < 4.78 is 5.08. The van der Waals surface area contributed by atoms with Crippen LogP contribution in [0.4, 0.5) is 5.69 Å². The molecular formula is C12H18ClN3OS. The molecule has 1 rings (SSSR count). The van der Waals surface area contributed by atoms with Gasteiger partial charge in [0, 0.05) is 18.8 Å². The Bertz CT molecular complexity index is 412. The van der Waals surface area contributed by atoms with Gasteiger partial charge in [0.05, 0.1) is 12.1 Å². The number of anilines is 1. The minimum Gasteiger partial charge on any atom is -0.495 e. The molecule has 0 saturated heterocycles. The summed E-state index contributed by atoms with van der Waals surface area (Å²) in [4.78, 5) is 2.08. The van der Waals surface area contributed by atoms with Crippen LogP contribution < -0.4 is 15.4 Å². The van der Waals surface area contributed by atoms with Crippen LogP contribution in [0.2, 0.25) is 5.02 Å².